The SMILES string of the molecule is COc1ccc(-n2cc(COc3ccc(/C=C/C(=O)c4c(O)cc(C)oc4=O)cc3)nn2)cc1. The van der Waals surface area contributed by atoms with Gasteiger partial charge < -0.3 is 19.0 Å². The molecule has 4 aromatic rings. The molecule has 4 rings (SSSR count). The zero-order chi connectivity index (χ0) is 24.1. The fourth-order valence-electron chi connectivity index (χ4n) is 3.14. The van der Waals surface area contributed by atoms with Gasteiger partial charge in [0.15, 0.2) is 5.78 Å². The van der Waals surface area contributed by atoms with Gasteiger partial charge in [0.05, 0.1) is 19.0 Å². The topological polar surface area (TPSA) is 117 Å². The molecule has 9 heteroatoms. The molecule has 34 heavy (non-hydrogen) atoms. The van der Waals surface area contributed by atoms with Crippen LogP contribution >= 0.6 is 0 Å². The van der Waals surface area contributed by atoms with Crippen molar-refractivity contribution in [2.75, 3.05) is 7.11 Å². The molecular formula is C25H21N3O6. The van der Waals surface area contributed by atoms with Gasteiger partial charge in [0.25, 0.3) is 0 Å². The van der Waals surface area contributed by atoms with Crippen molar-refractivity contribution in [3.63, 3.8) is 0 Å². The molecule has 0 saturated carbocycles. The maximum atomic E-state index is 12.3. The third kappa shape index (κ3) is 5.21. The monoisotopic (exact) mass is 459 g/mol. The Balaban J connectivity index is 1.36. The van der Waals surface area contributed by atoms with Crippen LogP contribution in [0.5, 0.6) is 17.2 Å². The average Bonchev–Trinajstić information content (AvgIpc) is 3.30. The van der Waals surface area contributed by atoms with Gasteiger partial charge in [-0.1, -0.05) is 23.4 Å². The van der Waals surface area contributed by atoms with Gasteiger partial charge in [-0.05, 0) is 55.0 Å². The van der Waals surface area contributed by atoms with E-state index in [1.807, 2.05) is 24.3 Å². The molecule has 0 aliphatic rings. The van der Waals surface area contributed by atoms with Crippen LogP contribution in [0, 0.1) is 6.92 Å². The first kappa shape index (κ1) is 22.5. The maximum absolute atomic E-state index is 12.3. The molecule has 172 valence electrons. The molecule has 0 atom stereocenters. The first-order valence-electron chi connectivity index (χ1n) is 10.3. The Bertz CT molecular complexity index is 1390. The summed E-state index contributed by atoms with van der Waals surface area (Å²) in [4.78, 5) is 24.1. The molecule has 0 aliphatic carbocycles. The summed E-state index contributed by atoms with van der Waals surface area (Å²) < 4.78 is 17.4. The van der Waals surface area contributed by atoms with Crippen LogP contribution in [0.1, 0.15) is 27.4 Å². The van der Waals surface area contributed by atoms with Crippen molar-refractivity contribution in [2.45, 2.75) is 13.5 Å². The lowest BCUT2D eigenvalue weighted by Gasteiger charge is -2.04. The molecule has 2 aromatic carbocycles. The third-order valence-electron chi connectivity index (χ3n) is 4.87. The molecule has 0 spiro atoms. The summed E-state index contributed by atoms with van der Waals surface area (Å²) in [6, 6.07) is 15.7. The van der Waals surface area contributed by atoms with E-state index in [-0.39, 0.29) is 12.4 Å². The number of hydrogen-bond donors (Lipinski definition) is 1. The number of carbonyl (C=O) groups is 1. The number of benzene rings is 2. The molecule has 9 nitrogen and oxygen atoms in total. The number of nitrogens with zero attached hydrogens (tertiary/aromatic N) is 3. The molecule has 0 unspecified atom stereocenters. The lowest BCUT2D eigenvalue weighted by molar-refractivity contribution is 0.104. The second-order valence-corrected chi connectivity index (χ2v) is 7.31. The largest absolute Gasteiger partial charge is 0.507 e. The second kappa shape index (κ2) is 9.86. The number of hydrogen-bond acceptors (Lipinski definition) is 8. The van der Waals surface area contributed by atoms with Crippen LogP contribution in [0.15, 0.2) is 76.1 Å². The number of ether oxygens (including phenoxy) is 2. The molecule has 0 radical (unpaired) electrons. The van der Waals surface area contributed by atoms with Gasteiger partial charge in [-0.2, -0.15) is 0 Å². The fraction of sp³-hybridized carbons (Fsp3) is 0.120. The van der Waals surface area contributed by atoms with Crippen LogP contribution < -0.4 is 15.1 Å². The van der Waals surface area contributed by atoms with Crippen LogP contribution in [-0.4, -0.2) is 33.0 Å². The van der Waals surface area contributed by atoms with E-state index < -0.39 is 22.7 Å². The maximum Gasteiger partial charge on any atom is 0.351 e. The second-order valence-electron chi connectivity index (χ2n) is 7.31. The number of aromatic nitrogens is 3. The summed E-state index contributed by atoms with van der Waals surface area (Å²) in [5.41, 5.74) is 0.940. The minimum atomic E-state index is -0.875. The van der Waals surface area contributed by atoms with Gasteiger partial charge in [0.1, 0.15) is 40.9 Å². The summed E-state index contributed by atoms with van der Waals surface area (Å²) in [5, 5.41) is 18.1. The molecule has 2 aromatic heterocycles. The minimum Gasteiger partial charge on any atom is -0.507 e. The zero-order valence-electron chi connectivity index (χ0n) is 18.5. The van der Waals surface area contributed by atoms with Crippen molar-refractivity contribution in [3.05, 3.63) is 99.9 Å². The Labute approximate surface area is 194 Å². The van der Waals surface area contributed by atoms with E-state index in [2.05, 4.69) is 10.3 Å². The molecule has 0 fully saturated rings. The van der Waals surface area contributed by atoms with Gasteiger partial charge in [-0.3, -0.25) is 4.79 Å². The number of ketones is 1. The molecule has 2 heterocycles. The predicted molar refractivity (Wildman–Crippen MR) is 123 cm³/mol. The minimum absolute atomic E-state index is 0.224. The van der Waals surface area contributed by atoms with Crippen LogP contribution in [0.3, 0.4) is 0 Å². The Morgan fingerprint density at radius 1 is 1.12 bits per heavy atom. The average molecular weight is 459 g/mol. The highest BCUT2D eigenvalue weighted by molar-refractivity contribution is 6.08. The van der Waals surface area contributed by atoms with Gasteiger partial charge in [-0.25, -0.2) is 9.48 Å². The highest BCUT2D eigenvalue weighted by Gasteiger charge is 2.15. The van der Waals surface area contributed by atoms with E-state index in [1.54, 1.807) is 42.3 Å². The van der Waals surface area contributed by atoms with Crippen molar-refractivity contribution in [1.82, 2.24) is 15.0 Å². The number of methoxy groups -OCH3 is 1. The van der Waals surface area contributed by atoms with Crippen molar-refractivity contribution >= 4 is 11.9 Å². The van der Waals surface area contributed by atoms with E-state index >= 15 is 0 Å². The third-order valence-corrected chi connectivity index (χ3v) is 4.87. The van der Waals surface area contributed by atoms with Gasteiger partial charge in [0, 0.05) is 6.07 Å². The Morgan fingerprint density at radius 2 is 1.82 bits per heavy atom. The van der Waals surface area contributed by atoms with E-state index in [0.717, 1.165) is 11.4 Å². The Hall–Kier alpha value is -4.66. The van der Waals surface area contributed by atoms with Crippen LogP contribution in [0.4, 0.5) is 0 Å². The highest BCUT2D eigenvalue weighted by Crippen LogP contribution is 2.18. The van der Waals surface area contributed by atoms with Crippen LogP contribution in [-0.2, 0) is 6.61 Å². The van der Waals surface area contributed by atoms with Crippen molar-refractivity contribution in [2.24, 2.45) is 0 Å². The highest BCUT2D eigenvalue weighted by atomic mass is 16.5. The summed E-state index contributed by atoms with van der Waals surface area (Å²) in [7, 11) is 1.61. The molecule has 0 bridgehead atoms. The smallest absolute Gasteiger partial charge is 0.351 e. The number of carbonyl (C=O) groups excluding carboxylic acids is 1. The number of allylic oxidation sites excluding steroid dienone is 1. The van der Waals surface area contributed by atoms with Crippen LogP contribution in [0.2, 0.25) is 0 Å². The predicted octanol–water partition coefficient (Wildman–Crippen LogP) is 3.72. The number of aryl methyl sites for hydroxylation is 1. The van der Waals surface area contributed by atoms with Gasteiger partial charge in [-0.15, -0.1) is 5.10 Å². The normalized spacial score (nSPS) is 11.0. The van der Waals surface area contributed by atoms with Gasteiger partial charge in [0.2, 0.25) is 0 Å². The summed E-state index contributed by atoms with van der Waals surface area (Å²) in [6.07, 6.45) is 4.52. The van der Waals surface area contributed by atoms with Crippen molar-refractivity contribution in [1.29, 1.82) is 0 Å². The quantitative estimate of drug-likeness (QED) is 0.313. The van der Waals surface area contributed by atoms with Crippen LogP contribution in [0.25, 0.3) is 11.8 Å². The Morgan fingerprint density at radius 3 is 2.50 bits per heavy atom. The van der Waals surface area contributed by atoms with Gasteiger partial charge >= 0.3 is 5.63 Å². The summed E-state index contributed by atoms with van der Waals surface area (Å²) in [6.45, 7) is 1.74. The number of aromatic hydroxyl groups is 1. The molecular weight excluding hydrogens is 438 g/mol. The number of rotatable bonds is 8. The van der Waals surface area contributed by atoms with Crippen molar-refractivity contribution in [3.8, 4) is 22.9 Å². The first-order chi connectivity index (χ1) is 16.4. The molecule has 0 saturated heterocycles. The summed E-state index contributed by atoms with van der Waals surface area (Å²) >= 11 is 0. The van der Waals surface area contributed by atoms with E-state index in [1.165, 1.54) is 25.1 Å². The first-order valence-corrected chi connectivity index (χ1v) is 10.3. The lowest BCUT2D eigenvalue weighted by atomic mass is 10.1. The zero-order valence-corrected chi connectivity index (χ0v) is 18.5. The standard InChI is InChI=1S/C25H21N3O6/c1-16-13-23(30)24(25(31)34-16)22(29)12-5-17-3-8-21(9-4-17)33-15-18-14-28(27-26-18)19-6-10-20(32-2)11-7-19/h3-14,30H,15H2,1-2H3/b12-5+. The Kier molecular flexibility index (Phi) is 6.54. The van der Waals surface area contributed by atoms with E-state index in [4.69, 9.17) is 13.9 Å². The van der Waals surface area contributed by atoms with E-state index in [0.29, 0.717) is 17.0 Å². The molecule has 1 N–H and O–H groups in total. The summed E-state index contributed by atoms with van der Waals surface area (Å²) in [5.74, 6) is 0.540. The lowest BCUT2D eigenvalue weighted by Crippen LogP contribution is -2.12. The molecule has 0 aliphatic heterocycles. The molecule has 0 amide bonds. The van der Waals surface area contributed by atoms with E-state index in [9.17, 15) is 14.7 Å². The van der Waals surface area contributed by atoms with Crippen molar-refractivity contribution < 1.29 is 23.8 Å². The fourth-order valence-corrected chi connectivity index (χ4v) is 3.14.